The van der Waals surface area contributed by atoms with E-state index in [1.54, 1.807) is 6.08 Å². The highest BCUT2D eigenvalue weighted by molar-refractivity contribution is 5.86. The number of allylic oxidation sites excluding steroid dienone is 1. The Bertz CT molecular complexity index is 198. The molecule has 0 aromatic heterocycles. The third-order valence-electron chi connectivity index (χ3n) is 2.51. The van der Waals surface area contributed by atoms with Gasteiger partial charge in [0.2, 0.25) is 0 Å². The topological polar surface area (TPSA) is 17.1 Å². The Morgan fingerprint density at radius 1 is 1.31 bits per heavy atom. The predicted molar refractivity (Wildman–Crippen MR) is 57.7 cm³/mol. The number of carbonyl (C=O) groups excluding carboxylic acids is 1. The van der Waals surface area contributed by atoms with Gasteiger partial charge >= 0.3 is 0 Å². The smallest absolute Gasteiger partial charge is 0.143 e. The fourth-order valence-electron chi connectivity index (χ4n) is 1.14. The molecule has 1 atom stereocenters. The molecule has 0 aromatic carbocycles. The molecule has 0 rings (SSSR count). The molecular formula is C12H22O. The molecule has 0 heterocycles. The van der Waals surface area contributed by atoms with E-state index in [9.17, 15) is 4.79 Å². The Morgan fingerprint density at radius 3 is 2.00 bits per heavy atom. The van der Waals surface area contributed by atoms with Gasteiger partial charge in [-0.25, -0.2) is 0 Å². The second-order valence-corrected chi connectivity index (χ2v) is 5.14. The highest BCUT2D eigenvalue weighted by Crippen LogP contribution is 2.30. The SMILES string of the molecule is C=CC(C)(CC)C(=O)CC(C)(C)C. The minimum Gasteiger partial charge on any atom is -0.299 e. The van der Waals surface area contributed by atoms with Crippen LogP contribution in [0.4, 0.5) is 0 Å². The van der Waals surface area contributed by atoms with Gasteiger partial charge in [0.25, 0.3) is 0 Å². The molecule has 1 heteroatoms. The number of rotatable bonds is 4. The monoisotopic (exact) mass is 182 g/mol. The van der Waals surface area contributed by atoms with Crippen LogP contribution in [-0.2, 0) is 4.79 Å². The summed E-state index contributed by atoms with van der Waals surface area (Å²) in [5.74, 6) is 0.303. The van der Waals surface area contributed by atoms with E-state index < -0.39 is 0 Å². The van der Waals surface area contributed by atoms with Crippen LogP contribution >= 0.6 is 0 Å². The molecular weight excluding hydrogens is 160 g/mol. The summed E-state index contributed by atoms with van der Waals surface area (Å²) in [5, 5.41) is 0. The van der Waals surface area contributed by atoms with Crippen molar-refractivity contribution in [2.45, 2.75) is 47.5 Å². The van der Waals surface area contributed by atoms with E-state index in [2.05, 4.69) is 27.4 Å². The Balaban J connectivity index is 4.50. The molecule has 1 unspecified atom stereocenters. The molecule has 1 nitrogen and oxygen atoms in total. The molecule has 0 aromatic rings. The van der Waals surface area contributed by atoms with Gasteiger partial charge < -0.3 is 0 Å². The zero-order valence-corrected chi connectivity index (χ0v) is 9.61. The third-order valence-corrected chi connectivity index (χ3v) is 2.51. The van der Waals surface area contributed by atoms with Gasteiger partial charge in [0.15, 0.2) is 0 Å². The molecule has 0 N–H and O–H groups in total. The standard InChI is InChI=1S/C12H22O/c1-7-12(6,8-2)10(13)9-11(3,4)5/h7H,1,8-9H2,2-6H3. The molecule has 0 spiro atoms. The first-order chi connectivity index (χ1) is 5.75. The second kappa shape index (κ2) is 4.08. The fourth-order valence-corrected chi connectivity index (χ4v) is 1.14. The molecule has 0 aliphatic heterocycles. The zero-order valence-electron chi connectivity index (χ0n) is 9.61. The number of hydrogen-bond donors (Lipinski definition) is 0. The van der Waals surface area contributed by atoms with Crippen LogP contribution in [0.25, 0.3) is 0 Å². The van der Waals surface area contributed by atoms with Gasteiger partial charge in [-0.15, -0.1) is 6.58 Å². The molecule has 0 bridgehead atoms. The summed E-state index contributed by atoms with van der Waals surface area (Å²) in [6, 6.07) is 0. The normalized spacial score (nSPS) is 16.4. The van der Waals surface area contributed by atoms with E-state index in [-0.39, 0.29) is 10.8 Å². The molecule has 13 heavy (non-hydrogen) atoms. The fraction of sp³-hybridized carbons (Fsp3) is 0.750. The van der Waals surface area contributed by atoms with Crippen LogP contribution in [0.2, 0.25) is 0 Å². The first kappa shape index (κ1) is 12.4. The van der Waals surface area contributed by atoms with Crippen molar-refractivity contribution in [3.8, 4) is 0 Å². The first-order valence-corrected chi connectivity index (χ1v) is 4.92. The second-order valence-electron chi connectivity index (χ2n) is 5.14. The van der Waals surface area contributed by atoms with Crippen molar-refractivity contribution in [3.63, 3.8) is 0 Å². The molecule has 0 amide bonds. The predicted octanol–water partition coefficient (Wildman–Crippen LogP) is 3.59. The zero-order chi connectivity index (χ0) is 10.7. The van der Waals surface area contributed by atoms with Crippen molar-refractivity contribution in [2.75, 3.05) is 0 Å². The molecule has 0 aliphatic rings. The highest BCUT2D eigenvalue weighted by atomic mass is 16.1. The summed E-state index contributed by atoms with van der Waals surface area (Å²) in [7, 11) is 0. The average molecular weight is 182 g/mol. The molecule has 76 valence electrons. The van der Waals surface area contributed by atoms with Gasteiger partial charge in [0.05, 0.1) is 0 Å². The summed E-state index contributed by atoms with van der Waals surface area (Å²) in [4.78, 5) is 11.9. The van der Waals surface area contributed by atoms with Gasteiger partial charge in [-0.3, -0.25) is 4.79 Å². The minimum absolute atomic E-state index is 0.0799. The van der Waals surface area contributed by atoms with Crippen molar-refractivity contribution in [1.82, 2.24) is 0 Å². The van der Waals surface area contributed by atoms with E-state index in [1.807, 2.05) is 13.8 Å². The molecule has 0 fully saturated rings. The average Bonchev–Trinajstić information content (AvgIpc) is 2.00. The number of ketones is 1. The lowest BCUT2D eigenvalue weighted by Crippen LogP contribution is -2.28. The van der Waals surface area contributed by atoms with Gasteiger partial charge in [0, 0.05) is 11.8 Å². The lowest BCUT2D eigenvalue weighted by molar-refractivity contribution is -0.127. The maximum absolute atomic E-state index is 11.9. The Hall–Kier alpha value is -0.590. The van der Waals surface area contributed by atoms with Crippen LogP contribution in [0, 0.1) is 10.8 Å². The summed E-state index contributed by atoms with van der Waals surface area (Å²) >= 11 is 0. The summed E-state index contributed by atoms with van der Waals surface area (Å²) < 4.78 is 0. The van der Waals surface area contributed by atoms with Crippen LogP contribution in [0.5, 0.6) is 0 Å². The van der Waals surface area contributed by atoms with Crippen molar-refractivity contribution in [3.05, 3.63) is 12.7 Å². The van der Waals surface area contributed by atoms with Gasteiger partial charge in [0.1, 0.15) is 5.78 Å². The summed E-state index contributed by atoms with van der Waals surface area (Å²) in [5.41, 5.74) is -0.246. The van der Waals surface area contributed by atoms with Gasteiger partial charge in [-0.1, -0.05) is 33.8 Å². The van der Waals surface area contributed by atoms with Crippen LogP contribution in [0.15, 0.2) is 12.7 Å². The van der Waals surface area contributed by atoms with E-state index >= 15 is 0 Å². The molecule has 0 radical (unpaired) electrons. The van der Waals surface area contributed by atoms with Gasteiger partial charge in [-0.05, 0) is 18.8 Å². The van der Waals surface area contributed by atoms with E-state index in [4.69, 9.17) is 0 Å². The molecule has 0 aliphatic carbocycles. The molecule has 0 saturated carbocycles. The Labute approximate surface area is 82.2 Å². The Kier molecular flexibility index (Phi) is 3.89. The lowest BCUT2D eigenvalue weighted by atomic mass is 9.76. The van der Waals surface area contributed by atoms with Crippen LogP contribution in [-0.4, -0.2) is 5.78 Å². The highest BCUT2D eigenvalue weighted by Gasteiger charge is 2.30. The lowest BCUT2D eigenvalue weighted by Gasteiger charge is -2.27. The Morgan fingerprint density at radius 2 is 1.77 bits per heavy atom. The van der Waals surface area contributed by atoms with Crippen molar-refractivity contribution >= 4 is 5.78 Å². The van der Waals surface area contributed by atoms with Crippen molar-refractivity contribution in [1.29, 1.82) is 0 Å². The summed E-state index contributed by atoms with van der Waals surface area (Å²) in [6.07, 6.45) is 3.25. The third kappa shape index (κ3) is 3.75. The van der Waals surface area contributed by atoms with Crippen molar-refractivity contribution < 1.29 is 4.79 Å². The van der Waals surface area contributed by atoms with Crippen LogP contribution in [0.3, 0.4) is 0 Å². The number of hydrogen-bond acceptors (Lipinski definition) is 1. The summed E-state index contributed by atoms with van der Waals surface area (Å²) in [6.45, 7) is 14.0. The van der Waals surface area contributed by atoms with Gasteiger partial charge in [-0.2, -0.15) is 0 Å². The van der Waals surface area contributed by atoms with E-state index in [0.29, 0.717) is 12.2 Å². The van der Waals surface area contributed by atoms with Crippen molar-refractivity contribution in [2.24, 2.45) is 10.8 Å². The first-order valence-electron chi connectivity index (χ1n) is 4.92. The maximum Gasteiger partial charge on any atom is 0.143 e. The number of carbonyl (C=O) groups is 1. The maximum atomic E-state index is 11.9. The number of Topliss-reactive ketones (excluding diaryl/α,β-unsaturated/α-hetero) is 1. The minimum atomic E-state index is -0.326. The van der Waals surface area contributed by atoms with Crippen LogP contribution in [0.1, 0.15) is 47.5 Å². The van der Waals surface area contributed by atoms with E-state index in [0.717, 1.165) is 6.42 Å². The quantitative estimate of drug-likeness (QED) is 0.607. The molecule has 0 saturated heterocycles. The van der Waals surface area contributed by atoms with E-state index in [1.165, 1.54) is 0 Å². The van der Waals surface area contributed by atoms with Crippen LogP contribution < -0.4 is 0 Å². The largest absolute Gasteiger partial charge is 0.299 e.